The first kappa shape index (κ1) is 16.5. The third kappa shape index (κ3) is 4.11. The Morgan fingerprint density at radius 2 is 1.68 bits per heavy atom. The van der Waals surface area contributed by atoms with Crippen LogP contribution in [0.5, 0.6) is 0 Å². The maximum Gasteiger partial charge on any atom is 0.169 e. The Hall–Kier alpha value is -0.400. The molecule has 1 aliphatic carbocycles. The van der Waals surface area contributed by atoms with Crippen LogP contribution in [0.4, 0.5) is 0 Å². The van der Waals surface area contributed by atoms with Gasteiger partial charge in [-0.2, -0.15) is 0 Å². The molecule has 2 heterocycles. The summed E-state index contributed by atoms with van der Waals surface area (Å²) in [5, 5.41) is 4.42. The highest BCUT2D eigenvalue weighted by molar-refractivity contribution is 7.91. The first-order valence-electron chi connectivity index (χ1n) is 8.53. The zero-order valence-corrected chi connectivity index (χ0v) is 14.8. The molecule has 0 aromatic carbocycles. The molecule has 7 heteroatoms. The minimum atomic E-state index is -2.79. The molecule has 126 valence electrons. The summed E-state index contributed by atoms with van der Waals surface area (Å²) < 4.78 is 23.2. The summed E-state index contributed by atoms with van der Waals surface area (Å²) in [5.74, 6) is 0.706. The van der Waals surface area contributed by atoms with Crippen molar-refractivity contribution in [2.45, 2.75) is 50.6 Å². The lowest BCUT2D eigenvalue weighted by molar-refractivity contribution is 0.141. The number of nitrogens with zero attached hydrogens (tertiary/aromatic N) is 2. The number of rotatable bonds is 2. The van der Waals surface area contributed by atoms with Crippen molar-refractivity contribution in [3.63, 3.8) is 0 Å². The van der Waals surface area contributed by atoms with Gasteiger partial charge in [-0.15, -0.1) is 0 Å². The monoisotopic (exact) mass is 345 g/mol. The van der Waals surface area contributed by atoms with E-state index in [-0.39, 0.29) is 6.04 Å². The van der Waals surface area contributed by atoms with E-state index in [9.17, 15) is 8.42 Å². The summed E-state index contributed by atoms with van der Waals surface area (Å²) >= 11 is 5.57. The average molecular weight is 346 g/mol. The van der Waals surface area contributed by atoms with E-state index >= 15 is 0 Å². The standard InChI is InChI=1S/C15H27N3O2S2/c19-22(20)11-6-14(12-22)17-7-9-18(10-8-17)15(21)16-13-4-2-1-3-5-13/h13-14H,1-12H2,(H,16,21)/t14-/m0/s1. The maximum atomic E-state index is 11.6. The highest BCUT2D eigenvalue weighted by atomic mass is 32.2. The van der Waals surface area contributed by atoms with Gasteiger partial charge >= 0.3 is 0 Å². The number of sulfone groups is 1. The van der Waals surface area contributed by atoms with Crippen molar-refractivity contribution in [3.05, 3.63) is 0 Å². The van der Waals surface area contributed by atoms with E-state index in [4.69, 9.17) is 12.2 Å². The van der Waals surface area contributed by atoms with E-state index in [1.165, 1.54) is 32.1 Å². The van der Waals surface area contributed by atoms with Crippen LogP contribution in [-0.2, 0) is 9.84 Å². The second-order valence-electron chi connectivity index (χ2n) is 6.86. The van der Waals surface area contributed by atoms with E-state index in [1.54, 1.807) is 0 Å². The number of hydrogen-bond acceptors (Lipinski definition) is 4. The number of nitrogens with one attached hydrogen (secondary N) is 1. The van der Waals surface area contributed by atoms with Crippen LogP contribution in [0.25, 0.3) is 0 Å². The number of hydrogen-bond donors (Lipinski definition) is 1. The molecule has 0 spiro atoms. The lowest BCUT2D eigenvalue weighted by Crippen LogP contribution is -2.55. The Balaban J connectivity index is 1.44. The van der Waals surface area contributed by atoms with Crippen molar-refractivity contribution in [1.82, 2.24) is 15.1 Å². The molecule has 2 aliphatic heterocycles. The molecule has 0 bridgehead atoms. The smallest absolute Gasteiger partial charge is 0.169 e. The second-order valence-corrected chi connectivity index (χ2v) is 9.48. The second kappa shape index (κ2) is 7.01. The maximum absolute atomic E-state index is 11.6. The van der Waals surface area contributed by atoms with Crippen molar-refractivity contribution in [2.24, 2.45) is 0 Å². The van der Waals surface area contributed by atoms with Gasteiger partial charge in [-0.25, -0.2) is 8.42 Å². The first-order chi connectivity index (χ1) is 10.5. The fourth-order valence-corrected chi connectivity index (χ4v) is 5.98. The van der Waals surface area contributed by atoms with Gasteiger partial charge < -0.3 is 10.2 Å². The van der Waals surface area contributed by atoms with Crippen LogP contribution >= 0.6 is 12.2 Å². The van der Waals surface area contributed by atoms with Crippen LogP contribution in [-0.4, -0.2) is 73.1 Å². The third-order valence-electron chi connectivity index (χ3n) is 5.26. The predicted molar refractivity (Wildman–Crippen MR) is 92.8 cm³/mol. The van der Waals surface area contributed by atoms with E-state index < -0.39 is 9.84 Å². The molecular weight excluding hydrogens is 318 g/mol. The lowest BCUT2D eigenvalue weighted by atomic mass is 9.96. The van der Waals surface area contributed by atoms with E-state index in [0.717, 1.165) is 37.7 Å². The molecule has 3 aliphatic rings. The summed E-state index contributed by atoms with van der Waals surface area (Å²) in [5.41, 5.74) is 0. The molecule has 0 aromatic rings. The molecule has 1 atom stereocenters. The zero-order chi connectivity index (χ0) is 15.6. The summed E-state index contributed by atoms with van der Waals surface area (Å²) in [4.78, 5) is 4.59. The predicted octanol–water partition coefficient (Wildman–Crippen LogP) is 0.998. The molecule has 0 radical (unpaired) electrons. The van der Waals surface area contributed by atoms with Crippen molar-refractivity contribution in [1.29, 1.82) is 0 Å². The molecule has 3 rings (SSSR count). The Bertz CT molecular complexity index is 495. The summed E-state index contributed by atoms with van der Waals surface area (Å²) in [6.07, 6.45) is 7.25. The van der Waals surface area contributed by atoms with Gasteiger partial charge in [0.25, 0.3) is 0 Å². The minimum absolute atomic E-state index is 0.229. The van der Waals surface area contributed by atoms with E-state index in [2.05, 4.69) is 15.1 Å². The SMILES string of the molecule is O=S1(=O)CC[C@H](N2CCN(C(=S)NC3CCCCC3)CC2)C1. The highest BCUT2D eigenvalue weighted by Crippen LogP contribution is 2.20. The molecule has 1 N–H and O–H groups in total. The Labute approximate surface area is 139 Å². The van der Waals surface area contributed by atoms with Crippen molar-refractivity contribution >= 4 is 27.2 Å². The van der Waals surface area contributed by atoms with Gasteiger partial charge in [0.05, 0.1) is 11.5 Å². The summed E-state index contributed by atoms with van der Waals surface area (Å²) in [6, 6.07) is 0.784. The molecule has 2 saturated heterocycles. The normalized spacial score (nSPS) is 30.4. The summed E-state index contributed by atoms with van der Waals surface area (Å²) in [7, 11) is -2.79. The molecule has 0 unspecified atom stereocenters. The minimum Gasteiger partial charge on any atom is -0.360 e. The fourth-order valence-electron chi connectivity index (χ4n) is 3.87. The van der Waals surface area contributed by atoms with Crippen molar-refractivity contribution in [3.8, 4) is 0 Å². The molecule has 0 amide bonds. The van der Waals surface area contributed by atoms with Crippen LogP contribution in [0.2, 0.25) is 0 Å². The third-order valence-corrected chi connectivity index (χ3v) is 7.39. The van der Waals surface area contributed by atoms with E-state index in [1.807, 2.05) is 0 Å². The zero-order valence-electron chi connectivity index (χ0n) is 13.2. The van der Waals surface area contributed by atoms with Gasteiger partial charge in [0.15, 0.2) is 14.9 Å². The van der Waals surface area contributed by atoms with Gasteiger partial charge in [-0.1, -0.05) is 19.3 Å². The molecule has 5 nitrogen and oxygen atoms in total. The Kier molecular flexibility index (Phi) is 5.24. The summed E-state index contributed by atoms with van der Waals surface area (Å²) in [6.45, 7) is 3.67. The molecule has 0 aromatic heterocycles. The fraction of sp³-hybridized carbons (Fsp3) is 0.933. The van der Waals surface area contributed by atoms with Gasteiger partial charge in [0.2, 0.25) is 0 Å². The first-order valence-corrected chi connectivity index (χ1v) is 10.8. The number of thiocarbonyl (C=S) groups is 1. The average Bonchev–Trinajstić information content (AvgIpc) is 2.88. The number of piperazine rings is 1. The Morgan fingerprint density at radius 1 is 1.00 bits per heavy atom. The lowest BCUT2D eigenvalue weighted by Gasteiger charge is -2.39. The van der Waals surface area contributed by atoms with Crippen LogP contribution in [0.15, 0.2) is 0 Å². The van der Waals surface area contributed by atoms with E-state index in [0.29, 0.717) is 17.5 Å². The Morgan fingerprint density at radius 3 is 2.27 bits per heavy atom. The van der Waals surface area contributed by atoms with Crippen LogP contribution in [0.1, 0.15) is 38.5 Å². The quantitative estimate of drug-likeness (QED) is 0.754. The van der Waals surface area contributed by atoms with Gasteiger partial charge in [-0.3, -0.25) is 4.90 Å². The van der Waals surface area contributed by atoms with Crippen LogP contribution in [0.3, 0.4) is 0 Å². The van der Waals surface area contributed by atoms with Crippen LogP contribution < -0.4 is 5.32 Å². The van der Waals surface area contributed by atoms with Crippen molar-refractivity contribution < 1.29 is 8.42 Å². The van der Waals surface area contributed by atoms with Crippen molar-refractivity contribution in [2.75, 3.05) is 37.7 Å². The highest BCUT2D eigenvalue weighted by Gasteiger charge is 2.34. The van der Waals surface area contributed by atoms with Gasteiger partial charge in [-0.05, 0) is 31.5 Å². The van der Waals surface area contributed by atoms with Gasteiger partial charge in [0, 0.05) is 38.3 Å². The molecular formula is C15H27N3O2S2. The molecule has 1 saturated carbocycles. The molecule has 22 heavy (non-hydrogen) atoms. The largest absolute Gasteiger partial charge is 0.360 e. The van der Waals surface area contributed by atoms with Crippen LogP contribution in [0, 0.1) is 0 Å². The topological polar surface area (TPSA) is 52.7 Å². The molecule has 3 fully saturated rings. The van der Waals surface area contributed by atoms with Gasteiger partial charge in [0.1, 0.15) is 0 Å².